The molecular weight excluding hydrogens is 456 g/mol. The molecule has 3 aromatic carbocycles. The first-order chi connectivity index (χ1) is 16.3. The number of nitrogens with zero attached hydrogens (tertiary/aromatic N) is 1. The summed E-state index contributed by atoms with van der Waals surface area (Å²) in [7, 11) is -2.18. The maximum atomic E-state index is 12.8. The Kier molecular flexibility index (Phi) is 6.93. The lowest BCUT2D eigenvalue weighted by molar-refractivity contribution is -0.123. The molecule has 3 aromatic rings. The van der Waals surface area contributed by atoms with Crippen molar-refractivity contribution in [3.8, 4) is 17.2 Å². The number of carbonyl (C=O) groups excluding carboxylic acids is 1. The van der Waals surface area contributed by atoms with Gasteiger partial charge in [-0.3, -0.25) is 9.10 Å². The van der Waals surface area contributed by atoms with Gasteiger partial charge in [0.05, 0.1) is 17.1 Å². The van der Waals surface area contributed by atoms with Crippen molar-refractivity contribution < 1.29 is 27.4 Å². The molecule has 34 heavy (non-hydrogen) atoms. The van der Waals surface area contributed by atoms with E-state index in [0.29, 0.717) is 29.5 Å². The molecule has 9 heteroatoms. The highest BCUT2D eigenvalue weighted by atomic mass is 32.2. The van der Waals surface area contributed by atoms with Crippen molar-refractivity contribution in [3.05, 3.63) is 78.4 Å². The summed E-state index contributed by atoms with van der Waals surface area (Å²) in [5, 5.41) is 2.77. The summed E-state index contributed by atoms with van der Waals surface area (Å²) in [6, 6.07) is 20.6. The third-order valence-corrected chi connectivity index (χ3v) is 7.14. The topological polar surface area (TPSA) is 94.2 Å². The second-order valence-electron chi connectivity index (χ2n) is 7.87. The predicted octanol–water partition coefficient (Wildman–Crippen LogP) is 3.16. The number of fused-ring (bicyclic) bond motifs is 1. The summed E-state index contributed by atoms with van der Waals surface area (Å²) in [6.45, 7) is 2.35. The molecule has 0 spiro atoms. The van der Waals surface area contributed by atoms with E-state index in [0.717, 1.165) is 5.56 Å². The van der Waals surface area contributed by atoms with Gasteiger partial charge in [-0.1, -0.05) is 29.8 Å². The molecule has 0 aliphatic carbocycles. The molecular formula is C25H26N2O6S. The molecule has 1 aliphatic rings. The van der Waals surface area contributed by atoms with Crippen molar-refractivity contribution >= 4 is 21.6 Å². The van der Waals surface area contributed by atoms with Crippen LogP contribution in [-0.4, -0.2) is 47.2 Å². The summed E-state index contributed by atoms with van der Waals surface area (Å²) in [4.78, 5) is 12.4. The number of hydrogen-bond donors (Lipinski definition) is 1. The molecule has 1 N–H and O–H groups in total. The zero-order valence-corrected chi connectivity index (χ0v) is 19.7. The normalized spacial score (nSPS) is 14.8. The monoisotopic (exact) mass is 482 g/mol. The van der Waals surface area contributed by atoms with E-state index in [1.165, 1.54) is 11.4 Å². The standard InChI is InChI=1S/C25H26N2O6S/c1-18-7-13-22(14-8-18)34(29,30)27(2)19-9-11-20(12-10-19)31-17-25(28)26-15-21-16-32-23-5-3-4-6-24(23)33-21/h3-14,21H,15-17H2,1-2H3,(H,26,28)/t21-/m1/s1. The van der Waals surface area contributed by atoms with E-state index >= 15 is 0 Å². The highest BCUT2D eigenvalue weighted by Crippen LogP contribution is 2.30. The number of ether oxygens (including phenoxy) is 3. The highest BCUT2D eigenvalue weighted by molar-refractivity contribution is 7.92. The van der Waals surface area contributed by atoms with Gasteiger partial charge in [0, 0.05) is 7.05 Å². The van der Waals surface area contributed by atoms with Crippen molar-refractivity contribution in [1.29, 1.82) is 0 Å². The largest absolute Gasteiger partial charge is 0.486 e. The predicted molar refractivity (Wildman–Crippen MR) is 128 cm³/mol. The van der Waals surface area contributed by atoms with Gasteiger partial charge in [0.25, 0.3) is 15.9 Å². The number of benzene rings is 3. The van der Waals surface area contributed by atoms with Crippen LogP contribution < -0.4 is 23.8 Å². The molecule has 0 saturated heterocycles. The van der Waals surface area contributed by atoms with E-state index in [1.54, 1.807) is 48.5 Å². The second-order valence-corrected chi connectivity index (χ2v) is 9.84. The molecule has 8 nitrogen and oxygen atoms in total. The first-order valence-electron chi connectivity index (χ1n) is 10.8. The molecule has 0 saturated carbocycles. The SMILES string of the molecule is Cc1ccc(S(=O)(=O)N(C)c2ccc(OCC(=O)NC[C@@H]3COc4ccccc4O3)cc2)cc1. The smallest absolute Gasteiger partial charge is 0.264 e. The first kappa shape index (κ1) is 23.4. The molecule has 1 aliphatic heterocycles. The zero-order valence-electron chi connectivity index (χ0n) is 18.9. The lowest BCUT2D eigenvalue weighted by atomic mass is 10.2. The Morgan fingerprint density at radius 3 is 2.41 bits per heavy atom. The lowest BCUT2D eigenvalue weighted by Gasteiger charge is -2.26. The maximum Gasteiger partial charge on any atom is 0.264 e. The van der Waals surface area contributed by atoms with Gasteiger partial charge in [-0.25, -0.2) is 8.42 Å². The van der Waals surface area contributed by atoms with Crippen LogP contribution in [0.15, 0.2) is 77.7 Å². The highest BCUT2D eigenvalue weighted by Gasteiger charge is 2.22. The second kappa shape index (κ2) is 10.0. The molecule has 0 unspecified atom stereocenters. The van der Waals surface area contributed by atoms with Crippen LogP contribution in [0.2, 0.25) is 0 Å². The van der Waals surface area contributed by atoms with Gasteiger partial charge in [0.1, 0.15) is 18.5 Å². The summed E-state index contributed by atoms with van der Waals surface area (Å²) in [5.41, 5.74) is 1.46. The third kappa shape index (κ3) is 5.43. The average molecular weight is 483 g/mol. The Labute approximate surface area is 199 Å². The van der Waals surface area contributed by atoms with Gasteiger partial charge in [-0.15, -0.1) is 0 Å². The van der Waals surface area contributed by atoms with E-state index in [2.05, 4.69) is 5.32 Å². The molecule has 1 atom stereocenters. The van der Waals surface area contributed by atoms with E-state index in [9.17, 15) is 13.2 Å². The summed E-state index contributed by atoms with van der Waals surface area (Å²) in [6.07, 6.45) is -0.288. The molecule has 4 rings (SSSR count). The van der Waals surface area contributed by atoms with E-state index in [1.807, 2.05) is 31.2 Å². The molecule has 1 amide bonds. The number of nitrogens with one attached hydrogen (secondary N) is 1. The average Bonchev–Trinajstić information content (AvgIpc) is 2.86. The van der Waals surface area contributed by atoms with E-state index in [4.69, 9.17) is 14.2 Å². The van der Waals surface area contributed by atoms with Crippen LogP contribution in [0.4, 0.5) is 5.69 Å². The van der Waals surface area contributed by atoms with Gasteiger partial charge in [-0.05, 0) is 55.5 Å². The number of carbonyl (C=O) groups is 1. The van der Waals surface area contributed by atoms with Gasteiger partial charge in [0.15, 0.2) is 18.1 Å². The molecule has 178 valence electrons. The van der Waals surface area contributed by atoms with Crippen LogP contribution in [0.25, 0.3) is 0 Å². The fourth-order valence-corrected chi connectivity index (χ4v) is 4.55. The van der Waals surface area contributed by atoms with Crippen molar-refractivity contribution in [3.63, 3.8) is 0 Å². The summed E-state index contributed by atoms with van der Waals surface area (Å²) in [5.74, 6) is 1.49. The molecule has 0 fully saturated rings. The number of hydrogen-bond acceptors (Lipinski definition) is 6. The number of sulfonamides is 1. The van der Waals surface area contributed by atoms with Crippen molar-refractivity contribution in [2.24, 2.45) is 0 Å². The number of aryl methyl sites for hydroxylation is 1. The summed E-state index contributed by atoms with van der Waals surface area (Å²) >= 11 is 0. The van der Waals surface area contributed by atoms with Crippen LogP contribution in [-0.2, 0) is 14.8 Å². The van der Waals surface area contributed by atoms with Crippen LogP contribution in [0.1, 0.15) is 5.56 Å². The zero-order chi connectivity index (χ0) is 24.1. The Hall–Kier alpha value is -3.72. The minimum atomic E-state index is -3.68. The fourth-order valence-electron chi connectivity index (χ4n) is 3.35. The Balaban J connectivity index is 1.26. The Bertz CT molecular complexity index is 1240. The Morgan fingerprint density at radius 1 is 1.03 bits per heavy atom. The Morgan fingerprint density at radius 2 is 1.71 bits per heavy atom. The van der Waals surface area contributed by atoms with Crippen LogP contribution >= 0.6 is 0 Å². The van der Waals surface area contributed by atoms with Gasteiger partial charge < -0.3 is 19.5 Å². The number of anilines is 1. The van der Waals surface area contributed by atoms with Crippen LogP contribution in [0.5, 0.6) is 17.2 Å². The van der Waals surface area contributed by atoms with Crippen molar-refractivity contribution in [1.82, 2.24) is 5.32 Å². The quantitative estimate of drug-likeness (QED) is 0.530. The minimum absolute atomic E-state index is 0.180. The number of rotatable bonds is 8. The van der Waals surface area contributed by atoms with E-state index < -0.39 is 10.0 Å². The molecule has 1 heterocycles. The summed E-state index contributed by atoms with van der Waals surface area (Å²) < 4.78 is 43.9. The molecule has 0 radical (unpaired) electrons. The fraction of sp³-hybridized carbons (Fsp3) is 0.240. The third-order valence-electron chi connectivity index (χ3n) is 5.34. The van der Waals surface area contributed by atoms with Crippen molar-refractivity contribution in [2.45, 2.75) is 17.9 Å². The van der Waals surface area contributed by atoms with E-state index in [-0.39, 0.29) is 30.1 Å². The number of amides is 1. The molecule has 0 bridgehead atoms. The van der Waals surface area contributed by atoms with Gasteiger partial charge >= 0.3 is 0 Å². The molecule has 0 aromatic heterocycles. The lowest BCUT2D eigenvalue weighted by Crippen LogP contribution is -2.42. The van der Waals surface area contributed by atoms with Crippen LogP contribution in [0.3, 0.4) is 0 Å². The van der Waals surface area contributed by atoms with Crippen LogP contribution in [0, 0.1) is 6.92 Å². The number of para-hydroxylation sites is 2. The van der Waals surface area contributed by atoms with Crippen molar-refractivity contribution in [2.75, 3.05) is 31.1 Å². The van der Waals surface area contributed by atoms with Gasteiger partial charge in [0.2, 0.25) is 0 Å². The van der Waals surface area contributed by atoms with Gasteiger partial charge in [-0.2, -0.15) is 0 Å². The minimum Gasteiger partial charge on any atom is -0.486 e. The first-order valence-corrected chi connectivity index (χ1v) is 12.2. The maximum absolute atomic E-state index is 12.8.